The molecule has 1 aliphatic heterocycles. The van der Waals surface area contributed by atoms with Gasteiger partial charge in [0, 0.05) is 26.1 Å². The first-order chi connectivity index (χ1) is 12.1. The zero-order valence-corrected chi connectivity index (χ0v) is 14.1. The van der Waals surface area contributed by atoms with Crippen LogP contribution in [0.15, 0.2) is 48.5 Å². The van der Waals surface area contributed by atoms with E-state index in [-0.39, 0.29) is 12.5 Å². The number of hydrogen-bond donors (Lipinski definition) is 2. The van der Waals surface area contributed by atoms with Crippen molar-refractivity contribution in [3.63, 3.8) is 0 Å². The summed E-state index contributed by atoms with van der Waals surface area (Å²) in [5, 5.41) is 13.9. The van der Waals surface area contributed by atoms with Crippen LogP contribution in [0.3, 0.4) is 0 Å². The smallest absolute Gasteiger partial charge is 0.317 e. The Kier molecular flexibility index (Phi) is 5.33. The third kappa shape index (κ3) is 4.18. The van der Waals surface area contributed by atoms with Crippen LogP contribution >= 0.6 is 0 Å². The molecule has 0 saturated carbocycles. The van der Waals surface area contributed by atoms with Gasteiger partial charge < -0.3 is 15.3 Å². The highest BCUT2D eigenvalue weighted by Gasteiger charge is 2.18. The van der Waals surface area contributed by atoms with Gasteiger partial charge in [0.2, 0.25) is 0 Å². The lowest BCUT2D eigenvalue weighted by Gasteiger charge is -2.27. The van der Waals surface area contributed by atoms with Gasteiger partial charge in [0.1, 0.15) is 0 Å². The first kappa shape index (κ1) is 17.0. The van der Waals surface area contributed by atoms with Crippen LogP contribution < -0.4 is 5.32 Å². The summed E-state index contributed by atoms with van der Waals surface area (Å²) in [6, 6.07) is 14.5. The summed E-state index contributed by atoms with van der Waals surface area (Å²) in [6.45, 7) is 1.63. The quantitative estimate of drug-likeness (QED) is 0.820. The molecule has 0 radical (unpaired) electrons. The van der Waals surface area contributed by atoms with Gasteiger partial charge in [-0.3, -0.25) is 4.79 Å². The molecule has 25 heavy (non-hydrogen) atoms. The van der Waals surface area contributed by atoms with Crippen molar-refractivity contribution in [1.29, 1.82) is 0 Å². The lowest BCUT2D eigenvalue weighted by atomic mass is 9.94. The molecule has 0 fully saturated rings. The summed E-state index contributed by atoms with van der Waals surface area (Å²) in [7, 11) is 0. The molecule has 2 amide bonds. The number of carboxylic acids is 1. The highest BCUT2D eigenvalue weighted by molar-refractivity contribution is 5.94. The Morgan fingerprint density at radius 2 is 1.92 bits per heavy atom. The van der Waals surface area contributed by atoms with Crippen LogP contribution in [0.25, 0.3) is 16.3 Å². The van der Waals surface area contributed by atoms with Crippen LogP contribution in [0.1, 0.15) is 24.8 Å². The van der Waals surface area contributed by atoms with Crippen LogP contribution in [-0.4, -0.2) is 41.6 Å². The van der Waals surface area contributed by atoms with E-state index < -0.39 is 5.97 Å². The topological polar surface area (TPSA) is 69.6 Å². The van der Waals surface area contributed by atoms with E-state index in [1.807, 2.05) is 12.1 Å². The Bertz CT molecular complexity index is 808. The van der Waals surface area contributed by atoms with E-state index in [9.17, 15) is 9.59 Å². The number of benzene rings is 2. The number of amides is 2. The Morgan fingerprint density at radius 3 is 2.68 bits per heavy atom. The molecular formula is C20H22N2O3. The minimum Gasteiger partial charge on any atom is -0.481 e. The highest BCUT2D eigenvalue weighted by Crippen LogP contribution is 2.29. The zero-order chi connectivity index (χ0) is 17.6. The third-order valence-electron chi connectivity index (χ3n) is 4.48. The first-order valence-electron chi connectivity index (χ1n) is 8.57. The van der Waals surface area contributed by atoms with Crippen LogP contribution in [0.4, 0.5) is 4.79 Å². The minimum atomic E-state index is -0.838. The largest absolute Gasteiger partial charge is 0.481 e. The maximum Gasteiger partial charge on any atom is 0.317 e. The molecule has 0 spiro atoms. The Hall–Kier alpha value is -2.82. The van der Waals surface area contributed by atoms with Crippen molar-refractivity contribution < 1.29 is 14.7 Å². The molecule has 0 unspecified atom stereocenters. The molecule has 0 atom stereocenters. The van der Waals surface area contributed by atoms with E-state index in [1.165, 1.54) is 21.9 Å². The summed E-state index contributed by atoms with van der Waals surface area (Å²) >= 11 is 0. The summed E-state index contributed by atoms with van der Waals surface area (Å²) in [5.74, 6) is -0.838. The van der Waals surface area contributed by atoms with Crippen LogP contribution in [0, 0.1) is 0 Å². The van der Waals surface area contributed by atoms with Gasteiger partial charge in [-0.25, -0.2) is 4.79 Å². The lowest BCUT2D eigenvalue weighted by Crippen LogP contribution is -2.42. The standard InChI is InChI=1S/C20H22N2O3/c23-19(24)9-4-12-21-20(25)22-13-10-16(11-14-22)18-8-3-6-15-5-1-2-7-17(15)18/h1-3,5-8,10H,4,9,11-14H2,(H,21,25)(H,23,24). The molecule has 1 heterocycles. The van der Waals surface area contributed by atoms with Crippen LogP contribution in [0.5, 0.6) is 0 Å². The average molecular weight is 338 g/mol. The summed E-state index contributed by atoms with van der Waals surface area (Å²) in [4.78, 5) is 24.4. The second-order valence-electron chi connectivity index (χ2n) is 6.18. The normalized spacial score (nSPS) is 14.2. The van der Waals surface area contributed by atoms with Gasteiger partial charge in [0.25, 0.3) is 0 Å². The Morgan fingerprint density at radius 1 is 1.12 bits per heavy atom. The SMILES string of the molecule is O=C(O)CCCNC(=O)N1CC=C(c2cccc3ccccc23)CC1. The van der Waals surface area contributed by atoms with Gasteiger partial charge >= 0.3 is 12.0 Å². The van der Waals surface area contributed by atoms with Crippen molar-refractivity contribution >= 4 is 28.3 Å². The fraction of sp³-hybridized carbons (Fsp3) is 0.300. The van der Waals surface area contributed by atoms with Crippen molar-refractivity contribution in [2.45, 2.75) is 19.3 Å². The molecule has 1 aliphatic rings. The number of aliphatic carboxylic acids is 1. The summed E-state index contributed by atoms with van der Waals surface area (Å²) in [5.41, 5.74) is 2.51. The molecular weight excluding hydrogens is 316 g/mol. The molecule has 2 aromatic rings. The number of nitrogens with zero attached hydrogens (tertiary/aromatic N) is 1. The predicted octanol–water partition coefficient (Wildman–Crippen LogP) is 3.50. The molecule has 0 aromatic heterocycles. The van der Waals surface area contributed by atoms with E-state index in [0.717, 1.165) is 6.42 Å². The van der Waals surface area contributed by atoms with E-state index in [0.29, 0.717) is 26.1 Å². The number of rotatable bonds is 5. The summed E-state index contributed by atoms with van der Waals surface area (Å²) < 4.78 is 0. The highest BCUT2D eigenvalue weighted by atomic mass is 16.4. The number of fused-ring (bicyclic) bond motifs is 1. The first-order valence-corrected chi connectivity index (χ1v) is 8.57. The summed E-state index contributed by atoms with van der Waals surface area (Å²) in [6.07, 6.45) is 3.45. The van der Waals surface area contributed by atoms with Crippen LogP contribution in [0.2, 0.25) is 0 Å². The Labute approximate surface area is 146 Å². The van der Waals surface area contributed by atoms with E-state index in [4.69, 9.17) is 5.11 Å². The number of carbonyl (C=O) groups excluding carboxylic acids is 1. The van der Waals surface area contributed by atoms with Crippen molar-refractivity contribution in [3.05, 3.63) is 54.1 Å². The van der Waals surface area contributed by atoms with Gasteiger partial charge in [-0.15, -0.1) is 0 Å². The molecule has 130 valence electrons. The van der Waals surface area contributed by atoms with Gasteiger partial charge in [0.15, 0.2) is 0 Å². The molecule has 2 N–H and O–H groups in total. The maximum atomic E-state index is 12.1. The Balaban J connectivity index is 1.62. The van der Waals surface area contributed by atoms with E-state index >= 15 is 0 Å². The number of carbonyl (C=O) groups is 2. The van der Waals surface area contributed by atoms with E-state index in [2.05, 4.69) is 41.7 Å². The molecule has 3 rings (SSSR count). The van der Waals surface area contributed by atoms with Crippen molar-refractivity contribution in [2.75, 3.05) is 19.6 Å². The number of urea groups is 1. The van der Waals surface area contributed by atoms with Crippen molar-refractivity contribution in [1.82, 2.24) is 10.2 Å². The van der Waals surface area contributed by atoms with Crippen molar-refractivity contribution in [2.24, 2.45) is 0 Å². The number of carboxylic acid groups (broad SMARTS) is 1. The van der Waals surface area contributed by atoms with E-state index in [1.54, 1.807) is 4.90 Å². The lowest BCUT2D eigenvalue weighted by molar-refractivity contribution is -0.137. The fourth-order valence-corrected chi connectivity index (χ4v) is 3.15. The molecule has 0 aliphatic carbocycles. The number of hydrogen-bond acceptors (Lipinski definition) is 2. The second-order valence-corrected chi connectivity index (χ2v) is 6.18. The van der Waals surface area contributed by atoms with Crippen LogP contribution in [-0.2, 0) is 4.79 Å². The van der Waals surface area contributed by atoms with Gasteiger partial charge in [0.05, 0.1) is 0 Å². The van der Waals surface area contributed by atoms with Gasteiger partial charge in [-0.1, -0.05) is 48.5 Å². The fourth-order valence-electron chi connectivity index (χ4n) is 3.15. The zero-order valence-electron chi connectivity index (χ0n) is 14.1. The monoisotopic (exact) mass is 338 g/mol. The van der Waals surface area contributed by atoms with Crippen molar-refractivity contribution in [3.8, 4) is 0 Å². The van der Waals surface area contributed by atoms with Gasteiger partial charge in [-0.05, 0) is 34.8 Å². The molecule has 0 saturated heterocycles. The maximum absolute atomic E-state index is 12.1. The molecule has 5 nitrogen and oxygen atoms in total. The third-order valence-corrected chi connectivity index (χ3v) is 4.48. The molecule has 5 heteroatoms. The van der Waals surface area contributed by atoms with Gasteiger partial charge in [-0.2, -0.15) is 0 Å². The molecule has 2 aromatic carbocycles. The average Bonchev–Trinajstić information content (AvgIpc) is 2.64. The minimum absolute atomic E-state index is 0.0748. The molecule has 0 bridgehead atoms. The predicted molar refractivity (Wildman–Crippen MR) is 98.4 cm³/mol. The second kappa shape index (κ2) is 7.83. The number of nitrogens with one attached hydrogen (secondary N) is 1.